The van der Waals surface area contributed by atoms with Crippen LogP contribution in [0.1, 0.15) is 12.5 Å². The number of urea groups is 1. The van der Waals surface area contributed by atoms with Crippen molar-refractivity contribution in [3.63, 3.8) is 0 Å². The summed E-state index contributed by atoms with van der Waals surface area (Å²) in [5.74, 6) is 0. The van der Waals surface area contributed by atoms with Crippen molar-refractivity contribution >= 4 is 16.9 Å². The SMILES string of the molecule is CCN(C)C(=O)NCCc1cccc2cccnc12. The second kappa shape index (κ2) is 6.18. The highest BCUT2D eigenvalue weighted by Gasteiger charge is 2.06. The number of fused-ring (bicyclic) bond motifs is 1. The molecule has 1 N–H and O–H groups in total. The fraction of sp³-hybridized carbons (Fsp3) is 0.333. The molecule has 2 amide bonds. The van der Waals surface area contributed by atoms with Crippen molar-refractivity contribution in [1.82, 2.24) is 15.2 Å². The standard InChI is InChI=1S/C15H19N3O/c1-3-18(2)15(19)17-11-9-13-7-4-6-12-8-5-10-16-14(12)13/h4-8,10H,3,9,11H2,1-2H3,(H,17,19). The summed E-state index contributed by atoms with van der Waals surface area (Å²) in [6.07, 6.45) is 2.59. The van der Waals surface area contributed by atoms with Crippen molar-refractivity contribution in [2.24, 2.45) is 0 Å². The minimum absolute atomic E-state index is 0.0318. The number of nitrogens with one attached hydrogen (secondary N) is 1. The molecule has 0 unspecified atom stereocenters. The van der Waals surface area contributed by atoms with Gasteiger partial charge >= 0.3 is 6.03 Å². The zero-order valence-corrected chi connectivity index (χ0v) is 11.4. The average molecular weight is 257 g/mol. The fourth-order valence-electron chi connectivity index (χ4n) is 1.95. The van der Waals surface area contributed by atoms with E-state index in [2.05, 4.69) is 28.5 Å². The molecule has 2 rings (SSSR count). The molecule has 0 aliphatic carbocycles. The normalized spacial score (nSPS) is 10.4. The van der Waals surface area contributed by atoms with Crippen LogP contribution in [-0.2, 0) is 6.42 Å². The first kappa shape index (κ1) is 13.3. The number of amides is 2. The topological polar surface area (TPSA) is 45.2 Å². The Kier molecular flexibility index (Phi) is 4.34. The summed E-state index contributed by atoms with van der Waals surface area (Å²) in [6.45, 7) is 3.29. The Balaban J connectivity index is 2.01. The number of hydrogen-bond donors (Lipinski definition) is 1. The third-order valence-electron chi connectivity index (χ3n) is 3.21. The van der Waals surface area contributed by atoms with Crippen LogP contribution in [0.2, 0.25) is 0 Å². The van der Waals surface area contributed by atoms with E-state index in [4.69, 9.17) is 0 Å². The minimum atomic E-state index is -0.0318. The van der Waals surface area contributed by atoms with Crippen LogP contribution >= 0.6 is 0 Å². The number of pyridine rings is 1. The van der Waals surface area contributed by atoms with Gasteiger partial charge in [0.05, 0.1) is 5.52 Å². The molecule has 0 saturated heterocycles. The van der Waals surface area contributed by atoms with Gasteiger partial charge in [-0.05, 0) is 25.0 Å². The van der Waals surface area contributed by atoms with Crippen molar-refractivity contribution in [2.75, 3.05) is 20.1 Å². The molecule has 100 valence electrons. The summed E-state index contributed by atoms with van der Waals surface area (Å²) in [7, 11) is 1.79. The van der Waals surface area contributed by atoms with Crippen molar-refractivity contribution in [3.05, 3.63) is 42.1 Å². The number of nitrogens with zero attached hydrogens (tertiary/aromatic N) is 2. The monoisotopic (exact) mass is 257 g/mol. The zero-order chi connectivity index (χ0) is 13.7. The van der Waals surface area contributed by atoms with E-state index in [1.165, 1.54) is 0 Å². The van der Waals surface area contributed by atoms with E-state index < -0.39 is 0 Å². The first-order chi connectivity index (χ1) is 9.22. The molecule has 0 saturated carbocycles. The van der Waals surface area contributed by atoms with Crippen LogP contribution in [0.3, 0.4) is 0 Å². The summed E-state index contributed by atoms with van der Waals surface area (Å²) in [6, 6.07) is 10.1. The highest BCUT2D eigenvalue weighted by Crippen LogP contribution is 2.15. The van der Waals surface area contributed by atoms with Gasteiger partial charge in [-0.1, -0.05) is 24.3 Å². The third-order valence-corrected chi connectivity index (χ3v) is 3.21. The second-order valence-electron chi connectivity index (χ2n) is 4.49. The van der Waals surface area contributed by atoms with Crippen molar-refractivity contribution in [2.45, 2.75) is 13.3 Å². The number of rotatable bonds is 4. The van der Waals surface area contributed by atoms with Gasteiger partial charge in [-0.3, -0.25) is 4.98 Å². The largest absolute Gasteiger partial charge is 0.338 e. The van der Waals surface area contributed by atoms with Gasteiger partial charge in [0, 0.05) is 31.7 Å². The van der Waals surface area contributed by atoms with Gasteiger partial charge in [-0.2, -0.15) is 0 Å². The lowest BCUT2D eigenvalue weighted by molar-refractivity contribution is 0.211. The highest BCUT2D eigenvalue weighted by atomic mass is 16.2. The maximum absolute atomic E-state index is 11.6. The number of aromatic nitrogens is 1. The van der Waals surface area contributed by atoms with Crippen LogP contribution in [0.25, 0.3) is 10.9 Å². The Morgan fingerprint density at radius 2 is 2.11 bits per heavy atom. The van der Waals surface area contributed by atoms with E-state index in [-0.39, 0.29) is 6.03 Å². The van der Waals surface area contributed by atoms with Gasteiger partial charge in [-0.25, -0.2) is 4.79 Å². The predicted molar refractivity (Wildman–Crippen MR) is 77.1 cm³/mol. The zero-order valence-electron chi connectivity index (χ0n) is 11.4. The van der Waals surface area contributed by atoms with Gasteiger partial charge in [-0.15, -0.1) is 0 Å². The first-order valence-corrected chi connectivity index (χ1v) is 6.54. The average Bonchev–Trinajstić information content (AvgIpc) is 2.46. The lowest BCUT2D eigenvalue weighted by Gasteiger charge is -2.15. The highest BCUT2D eigenvalue weighted by molar-refractivity contribution is 5.81. The van der Waals surface area contributed by atoms with E-state index in [0.29, 0.717) is 13.1 Å². The fourth-order valence-corrected chi connectivity index (χ4v) is 1.95. The Morgan fingerprint density at radius 1 is 1.32 bits per heavy atom. The summed E-state index contributed by atoms with van der Waals surface area (Å²) in [5, 5.41) is 4.04. The third kappa shape index (κ3) is 3.22. The van der Waals surface area contributed by atoms with E-state index in [1.807, 2.05) is 19.1 Å². The molecule has 0 fully saturated rings. The molecule has 2 aromatic rings. The van der Waals surface area contributed by atoms with Crippen molar-refractivity contribution in [1.29, 1.82) is 0 Å². The number of para-hydroxylation sites is 1. The summed E-state index contributed by atoms with van der Waals surface area (Å²) >= 11 is 0. The Labute approximate surface area is 113 Å². The van der Waals surface area contributed by atoms with E-state index in [1.54, 1.807) is 18.1 Å². The Hall–Kier alpha value is -2.10. The number of carbonyl (C=O) groups excluding carboxylic acids is 1. The van der Waals surface area contributed by atoms with Crippen LogP contribution in [0.5, 0.6) is 0 Å². The quantitative estimate of drug-likeness (QED) is 0.914. The van der Waals surface area contributed by atoms with Crippen molar-refractivity contribution in [3.8, 4) is 0 Å². The maximum Gasteiger partial charge on any atom is 0.317 e. The van der Waals surface area contributed by atoms with Crippen molar-refractivity contribution < 1.29 is 4.79 Å². The maximum atomic E-state index is 11.6. The van der Waals surface area contributed by atoms with Gasteiger partial charge in [0.1, 0.15) is 0 Å². The van der Waals surface area contributed by atoms with Crippen LogP contribution in [0.4, 0.5) is 4.79 Å². The number of carbonyl (C=O) groups is 1. The number of benzene rings is 1. The number of hydrogen-bond acceptors (Lipinski definition) is 2. The van der Waals surface area contributed by atoms with Gasteiger partial charge in [0.15, 0.2) is 0 Å². The minimum Gasteiger partial charge on any atom is -0.338 e. The molecule has 0 aliphatic rings. The molecule has 1 heterocycles. The molecule has 1 aromatic carbocycles. The molecule has 0 aliphatic heterocycles. The summed E-state index contributed by atoms with van der Waals surface area (Å²) < 4.78 is 0. The first-order valence-electron chi connectivity index (χ1n) is 6.54. The van der Waals surface area contributed by atoms with Gasteiger partial charge < -0.3 is 10.2 Å². The lowest BCUT2D eigenvalue weighted by Crippen LogP contribution is -2.37. The van der Waals surface area contributed by atoms with Crippen LogP contribution in [0, 0.1) is 0 Å². The van der Waals surface area contributed by atoms with Gasteiger partial charge in [0.25, 0.3) is 0 Å². The molecule has 0 spiro atoms. The second-order valence-corrected chi connectivity index (χ2v) is 4.49. The molecule has 0 radical (unpaired) electrons. The Bertz CT molecular complexity index is 563. The predicted octanol–water partition coefficient (Wildman–Crippen LogP) is 2.44. The molecule has 4 nitrogen and oxygen atoms in total. The molecule has 0 bridgehead atoms. The smallest absolute Gasteiger partial charge is 0.317 e. The van der Waals surface area contributed by atoms with Crippen LogP contribution in [0.15, 0.2) is 36.5 Å². The van der Waals surface area contributed by atoms with Crippen LogP contribution < -0.4 is 5.32 Å². The van der Waals surface area contributed by atoms with E-state index in [0.717, 1.165) is 22.9 Å². The lowest BCUT2D eigenvalue weighted by atomic mass is 10.1. The van der Waals surface area contributed by atoms with E-state index >= 15 is 0 Å². The van der Waals surface area contributed by atoms with E-state index in [9.17, 15) is 4.79 Å². The molecule has 4 heteroatoms. The molecule has 19 heavy (non-hydrogen) atoms. The summed E-state index contributed by atoms with van der Waals surface area (Å²) in [5.41, 5.74) is 2.18. The molecular weight excluding hydrogens is 238 g/mol. The van der Waals surface area contributed by atoms with Crippen LogP contribution in [-0.4, -0.2) is 36.1 Å². The molecule has 1 aromatic heterocycles. The molecular formula is C15H19N3O. The van der Waals surface area contributed by atoms with Gasteiger partial charge in [0.2, 0.25) is 0 Å². The summed E-state index contributed by atoms with van der Waals surface area (Å²) in [4.78, 5) is 17.7. The molecule has 0 atom stereocenters. The Morgan fingerprint density at radius 3 is 2.89 bits per heavy atom.